The molecule has 3 heterocycles. The van der Waals surface area contributed by atoms with E-state index in [1.807, 2.05) is 42.5 Å². The lowest BCUT2D eigenvalue weighted by Crippen LogP contribution is -2.03. The van der Waals surface area contributed by atoms with Crippen molar-refractivity contribution in [3.63, 3.8) is 0 Å². The second-order valence-corrected chi connectivity index (χ2v) is 15.3. The second-order valence-electron chi connectivity index (χ2n) is 15.3. The number of rotatable bonds is 7. The van der Waals surface area contributed by atoms with Crippen LogP contribution in [0.25, 0.3) is 112 Å². The number of fused-ring (bicyclic) bond motifs is 4. The zero-order valence-corrected chi connectivity index (χ0v) is 33.3. The van der Waals surface area contributed by atoms with Gasteiger partial charge in [-0.3, -0.25) is 9.13 Å². The van der Waals surface area contributed by atoms with Gasteiger partial charge in [-0.05, 0) is 59.3 Å². The van der Waals surface area contributed by atoms with Gasteiger partial charge in [0.15, 0.2) is 17.5 Å². The van der Waals surface area contributed by atoms with Gasteiger partial charge in [0.2, 0.25) is 0 Å². The molecule has 0 saturated carbocycles. The number of imidazole rings is 2. The first kappa shape index (κ1) is 35.4. The van der Waals surface area contributed by atoms with Crippen LogP contribution in [0.15, 0.2) is 212 Å². The molecule has 0 aliphatic heterocycles. The van der Waals surface area contributed by atoms with Crippen LogP contribution in [0.3, 0.4) is 0 Å². The van der Waals surface area contributed by atoms with Crippen LogP contribution >= 0.6 is 0 Å². The summed E-state index contributed by atoms with van der Waals surface area (Å²) in [6.45, 7) is 0. The van der Waals surface area contributed by atoms with Crippen LogP contribution in [-0.4, -0.2) is 34.1 Å². The lowest BCUT2D eigenvalue weighted by Gasteiger charge is -2.17. The molecule has 7 heteroatoms. The molecule has 290 valence electrons. The number of nitrogens with zero attached hydrogens (tertiary/aromatic N) is 7. The summed E-state index contributed by atoms with van der Waals surface area (Å²) in [5.74, 6) is 3.55. The third-order valence-electron chi connectivity index (χ3n) is 11.6. The Labute approximate surface area is 356 Å². The molecule has 3 aromatic heterocycles. The summed E-state index contributed by atoms with van der Waals surface area (Å²) < 4.78 is 4.54. The zero-order chi connectivity index (χ0) is 41.0. The lowest BCUT2D eigenvalue weighted by molar-refractivity contribution is 1.07. The number of benzene rings is 9. The summed E-state index contributed by atoms with van der Waals surface area (Å²) in [6, 6.07) is 73.2. The third kappa shape index (κ3) is 5.86. The van der Waals surface area contributed by atoms with Crippen LogP contribution < -0.4 is 0 Å². The first-order valence-electron chi connectivity index (χ1n) is 20.7. The molecule has 12 rings (SSSR count). The second kappa shape index (κ2) is 14.6. The van der Waals surface area contributed by atoms with Gasteiger partial charge in [-0.25, -0.2) is 24.9 Å². The van der Waals surface area contributed by atoms with Crippen molar-refractivity contribution < 1.29 is 0 Å². The van der Waals surface area contributed by atoms with Crippen molar-refractivity contribution in [1.82, 2.24) is 34.1 Å². The van der Waals surface area contributed by atoms with Crippen molar-refractivity contribution in [2.45, 2.75) is 0 Å². The third-order valence-corrected chi connectivity index (χ3v) is 11.6. The molecule has 9 aromatic carbocycles. The Morgan fingerprint density at radius 1 is 0.258 bits per heavy atom. The van der Waals surface area contributed by atoms with Crippen LogP contribution in [0.5, 0.6) is 0 Å². The highest BCUT2D eigenvalue weighted by Crippen LogP contribution is 2.39. The van der Waals surface area contributed by atoms with Crippen LogP contribution in [0.1, 0.15) is 0 Å². The van der Waals surface area contributed by atoms with Crippen molar-refractivity contribution in [2.24, 2.45) is 0 Å². The van der Waals surface area contributed by atoms with Gasteiger partial charge >= 0.3 is 0 Å². The number of hydrogen-bond donors (Lipinski definition) is 0. The molecule has 0 bridgehead atoms. The molecular weight excluding hydrogens is 759 g/mol. The molecular formula is C55H35N7. The highest BCUT2D eigenvalue weighted by Gasteiger charge is 2.22. The molecule has 0 N–H and O–H groups in total. The summed E-state index contributed by atoms with van der Waals surface area (Å²) in [6.07, 6.45) is 0. The fraction of sp³-hybridized carbons (Fsp3) is 0. The Balaban J connectivity index is 1.07. The van der Waals surface area contributed by atoms with E-state index in [1.165, 1.54) is 0 Å². The Kier molecular flexibility index (Phi) is 8.35. The van der Waals surface area contributed by atoms with Crippen LogP contribution in [0.2, 0.25) is 0 Å². The fourth-order valence-electron chi connectivity index (χ4n) is 8.78. The van der Waals surface area contributed by atoms with E-state index in [1.54, 1.807) is 0 Å². The van der Waals surface area contributed by atoms with Crippen LogP contribution in [0, 0.1) is 0 Å². The summed E-state index contributed by atoms with van der Waals surface area (Å²) in [5, 5.41) is 4.17. The van der Waals surface area contributed by atoms with E-state index in [-0.39, 0.29) is 0 Å². The van der Waals surface area contributed by atoms with Crippen molar-refractivity contribution in [1.29, 1.82) is 0 Å². The Morgan fingerprint density at radius 2 is 0.613 bits per heavy atom. The first-order chi connectivity index (χ1) is 30.8. The molecule has 0 radical (unpaired) electrons. The molecule has 0 aliphatic carbocycles. The molecule has 0 atom stereocenters. The Bertz CT molecular complexity index is 3410. The molecule has 0 fully saturated rings. The van der Waals surface area contributed by atoms with Gasteiger partial charge in [0.1, 0.15) is 11.6 Å². The van der Waals surface area contributed by atoms with Crippen LogP contribution in [0.4, 0.5) is 0 Å². The Morgan fingerprint density at radius 3 is 1.06 bits per heavy atom. The lowest BCUT2D eigenvalue weighted by atomic mass is 10.00. The fourth-order valence-corrected chi connectivity index (χ4v) is 8.78. The summed E-state index contributed by atoms with van der Waals surface area (Å²) in [5.41, 5.74) is 10.8. The number of para-hydroxylation sites is 4. The van der Waals surface area contributed by atoms with Gasteiger partial charge in [0.25, 0.3) is 0 Å². The smallest absolute Gasteiger partial charge is 0.164 e. The maximum Gasteiger partial charge on any atom is 0.164 e. The molecule has 0 spiro atoms. The van der Waals surface area contributed by atoms with E-state index in [0.29, 0.717) is 17.5 Å². The number of hydrogen-bond acceptors (Lipinski definition) is 5. The Hall–Kier alpha value is -8.55. The highest BCUT2D eigenvalue weighted by molar-refractivity contribution is 6.04. The van der Waals surface area contributed by atoms with E-state index in [4.69, 9.17) is 24.9 Å². The molecule has 0 amide bonds. The topological polar surface area (TPSA) is 74.3 Å². The van der Waals surface area contributed by atoms with E-state index in [9.17, 15) is 0 Å². The first-order valence-corrected chi connectivity index (χ1v) is 20.7. The summed E-state index contributed by atoms with van der Waals surface area (Å²) in [4.78, 5) is 26.1. The maximum absolute atomic E-state index is 5.35. The minimum absolute atomic E-state index is 0.593. The van der Waals surface area contributed by atoms with Crippen molar-refractivity contribution in [3.8, 4) is 68.3 Å². The predicted molar refractivity (Wildman–Crippen MR) is 251 cm³/mol. The molecule has 0 aliphatic rings. The minimum Gasteiger partial charge on any atom is -0.292 e. The molecule has 62 heavy (non-hydrogen) atoms. The maximum atomic E-state index is 5.35. The van der Waals surface area contributed by atoms with E-state index >= 15 is 0 Å². The average molecular weight is 794 g/mol. The van der Waals surface area contributed by atoms with Gasteiger partial charge in [-0.2, -0.15) is 0 Å². The van der Waals surface area contributed by atoms with Crippen molar-refractivity contribution in [2.75, 3.05) is 0 Å². The van der Waals surface area contributed by atoms with Gasteiger partial charge in [-0.1, -0.05) is 164 Å². The normalized spacial score (nSPS) is 11.5. The molecule has 7 nitrogen and oxygen atoms in total. The SMILES string of the molecule is c1ccc(-c2nc(-c3ccc(-n4c(-c5ccccc5)nc5ccccc54)c4ccccc34)nc(-c3ccc(-n4c(-c5ccccc5)nc5ccccc54)c4ccccc34)n2)cc1. The standard InChI is InChI=1S/C55H35N7/c1-4-18-36(19-5-1)51-58-52(43-32-34-47(41-26-12-10-24-39(41)43)61-49-30-16-14-28-45(49)56-54(61)37-20-6-2-7-21-37)60-53(59-51)44-33-35-48(42-27-13-11-25-40(42)44)62-50-31-17-15-29-46(50)57-55(62)38-22-8-3-9-23-38/h1-35H. The summed E-state index contributed by atoms with van der Waals surface area (Å²) in [7, 11) is 0. The van der Waals surface area contributed by atoms with E-state index < -0.39 is 0 Å². The minimum atomic E-state index is 0.593. The van der Waals surface area contributed by atoms with Crippen molar-refractivity contribution in [3.05, 3.63) is 212 Å². The molecule has 0 unspecified atom stereocenters. The quantitative estimate of drug-likeness (QED) is 0.161. The largest absolute Gasteiger partial charge is 0.292 e. The van der Waals surface area contributed by atoms with Gasteiger partial charge in [-0.15, -0.1) is 0 Å². The highest BCUT2D eigenvalue weighted by atomic mass is 15.1. The van der Waals surface area contributed by atoms with Crippen molar-refractivity contribution >= 4 is 43.6 Å². The predicted octanol–water partition coefficient (Wildman–Crippen LogP) is 13.2. The molecule has 12 aromatic rings. The monoisotopic (exact) mass is 793 g/mol. The number of aromatic nitrogens is 7. The zero-order valence-electron chi connectivity index (χ0n) is 33.3. The van der Waals surface area contributed by atoms with E-state index in [0.717, 1.165) is 94.5 Å². The van der Waals surface area contributed by atoms with E-state index in [2.05, 4.69) is 179 Å². The van der Waals surface area contributed by atoms with Gasteiger partial charge in [0.05, 0.1) is 33.4 Å². The molecule has 0 saturated heterocycles. The van der Waals surface area contributed by atoms with Crippen LogP contribution in [-0.2, 0) is 0 Å². The average Bonchev–Trinajstić information content (AvgIpc) is 3.93. The van der Waals surface area contributed by atoms with Gasteiger partial charge in [0, 0.05) is 38.6 Å². The summed E-state index contributed by atoms with van der Waals surface area (Å²) >= 11 is 0. The van der Waals surface area contributed by atoms with Gasteiger partial charge < -0.3 is 0 Å².